The van der Waals surface area contributed by atoms with E-state index in [1.165, 1.54) is 0 Å². The van der Waals surface area contributed by atoms with E-state index in [1.54, 1.807) is 55.6 Å². The molecule has 0 unspecified atom stereocenters. The Hall–Kier alpha value is -4.41. The van der Waals surface area contributed by atoms with Crippen molar-refractivity contribution in [3.63, 3.8) is 0 Å². The number of nitrogens with zero attached hydrogens (tertiary/aromatic N) is 4. The van der Waals surface area contributed by atoms with Gasteiger partial charge >= 0.3 is 0 Å². The minimum Gasteiger partial charge on any atom is -0.497 e. The number of aromatic nitrogens is 3. The zero-order chi connectivity index (χ0) is 29.0. The molecule has 0 amide bonds. The number of methoxy groups -OCH3 is 2. The molecule has 9 nitrogen and oxygen atoms in total. The van der Waals surface area contributed by atoms with Crippen LogP contribution in [0.1, 0.15) is 37.2 Å². The van der Waals surface area contributed by atoms with Crippen molar-refractivity contribution in [2.45, 2.75) is 30.8 Å². The quantitative estimate of drug-likeness (QED) is 0.202. The highest BCUT2D eigenvalue weighted by Crippen LogP contribution is 2.32. The van der Waals surface area contributed by atoms with Gasteiger partial charge in [0.25, 0.3) is 0 Å². The molecular weight excluding hydrogens is 538 g/mol. The predicted octanol–water partition coefficient (Wildman–Crippen LogP) is 6.63. The monoisotopic (exact) mass is 571 g/mol. The maximum absolute atomic E-state index is 14.6. The summed E-state index contributed by atoms with van der Waals surface area (Å²) in [6, 6.07) is 23.5. The molecule has 2 aromatic heterocycles. The molecule has 5 rings (SSSR count). The van der Waals surface area contributed by atoms with Gasteiger partial charge in [0.1, 0.15) is 32.9 Å². The van der Waals surface area contributed by atoms with Crippen molar-refractivity contribution in [2.24, 2.45) is 11.4 Å². The van der Waals surface area contributed by atoms with Gasteiger partial charge in [-0.2, -0.15) is 5.10 Å². The molecular formula is C31H33N5O4S. The number of nitrogens with one attached hydrogen (secondary N) is 1. The van der Waals surface area contributed by atoms with Crippen LogP contribution in [-0.2, 0) is 17.0 Å². The van der Waals surface area contributed by atoms with E-state index in [2.05, 4.69) is 14.8 Å². The highest BCUT2D eigenvalue weighted by atomic mass is 32.2. The summed E-state index contributed by atoms with van der Waals surface area (Å²) >= 11 is 0. The minimum absolute atomic E-state index is 0.280. The second-order valence-corrected chi connectivity index (χ2v) is 11.5. The molecule has 5 aromatic rings. The summed E-state index contributed by atoms with van der Waals surface area (Å²) in [6.07, 6.45) is 3.42. The lowest BCUT2D eigenvalue weighted by Gasteiger charge is -2.21. The minimum atomic E-state index is -3.08. The Balaban J connectivity index is 1.47. The second-order valence-electron chi connectivity index (χ2n) is 9.57. The van der Waals surface area contributed by atoms with Crippen molar-refractivity contribution in [3.05, 3.63) is 103 Å². The Kier molecular flexibility index (Phi) is 8.23. The van der Waals surface area contributed by atoms with Crippen molar-refractivity contribution >= 4 is 20.8 Å². The van der Waals surface area contributed by atoms with E-state index in [9.17, 15) is 4.21 Å². The number of aryl methyl sites for hydroxylation is 1. The molecule has 2 heterocycles. The van der Waals surface area contributed by atoms with Gasteiger partial charge in [0, 0.05) is 30.9 Å². The normalized spacial score (nSPS) is 14.2. The number of pyridine rings is 1. The molecule has 10 heteroatoms. The largest absolute Gasteiger partial charge is 0.497 e. The first-order valence-electron chi connectivity index (χ1n) is 13.2. The summed E-state index contributed by atoms with van der Waals surface area (Å²) in [6.45, 7) is 3.88. The van der Waals surface area contributed by atoms with E-state index in [0.29, 0.717) is 16.4 Å². The lowest BCUT2D eigenvalue weighted by atomic mass is 10.1. The molecule has 0 fully saturated rings. The number of hydrogen-bond acceptors (Lipinski definition) is 7. The van der Waals surface area contributed by atoms with Gasteiger partial charge in [0.15, 0.2) is 0 Å². The number of hydrogen-bond donors (Lipinski definition) is 1. The van der Waals surface area contributed by atoms with E-state index >= 15 is 0 Å². The smallest absolute Gasteiger partial charge is 0.138 e. The van der Waals surface area contributed by atoms with Gasteiger partial charge in [-0.3, -0.25) is 9.67 Å². The molecule has 212 valence electrons. The average Bonchev–Trinajstić information content (AvgIpc) is 3.43. The Morgan fingerprint density at radius 3 is 2.20 bits per heavy atom. The Bertz CT molecular complexity index is 1760. The fraction of sp³-hybridized carbons (Fsp3) is 0.226. The van der Waals surface area contributed by atoms with Crippen LogP contribution in [-0.4, -0.2) is 33.2 Å². The Morgan fingerprint density at radius 2 is 1.54 bits per heavy atom. The van der Waals surface area contributed by atoms with Crippen molar-refractivity contribution in [2.75, 3.05) is 14.2 Å². The summed E-state index contributed by atoms with van der Waals surface area (Å²) in [5.41, 5.74) is 2.59. The molecule has 41 heavy (non-hydrogen) atoms. The van der Waals surface area contributed by atoms with Gasteiger partial charge in [-0.15, -0.1) is 0 Å². The summed E-state index contributed by atoms with van der Waals surface area (Å²) in [5, 5.41) is 5.12. The third-order valence-corrected chi connectivity index (χ3v) is 9.02. The van der Waals surface area contributed by atoms with Gasteiger partial charge in [-0.25, -0.2) is 13.3 Å². The van der Waals surface area contributed by atoms with E-state index in [0.717, 1.165) is 33.7 Å². The number of ether oxygens (including phenoxy) is 3. The van der Waals surface area contributed by atoms with Crippen molar-refractivity contribution in [3.8, 4) is 23.0 Å². The molecule has 0 bridgehead atoms. The molecule has 0 radical (unpaired) electrons. The fourth-order valence-electron chi connectivity index (χ4n) is 4.57. The molecule has 0 spiro atoms. The van der Waals surface area contributed by atoms with Crippen LogP contribution in [0.15, 0.2) is 101 Å². The zero-order valence-corrected chi connectivity index (χ0v) is 24.5. The predicted molar refractivity (Wildman–Crippen MR) is 160 cm³/mol. The third kappa shape index (κ3) is 6.18. The average molecular weight is 572 g/mol. The van der Waals surface area contributed by atoms with Crippen LogP contribution >= 0.6 is 0 Å². The highest BCUT2D eigenvalue weighted by molar-refractivity contribution is 7.91. The van der Waals surface area contributed by atoms with Crippen LogP contribution in [0.2, 0.25) is 0 Å². The molecule has 0 saturated heterocycles. The van der Waals surface area contributed by atoms with Gasteiger partial charge in [0.05, 0.1) is 42.4 Å². The van der Waals surface area contributed by atoms with Crippen LogP contribution in [0.3, 0.4) is 0 Å². The van der Waals surface area contributed by atoms with Gasteiger partial charge in [-0.1, -0.05) is 12.1 Å². The highest BCUT2D eigenvalue weighted by Gasteiger charge is 2.21. The fourth-order valence-corrected chi connectivity index (χ4v) is 6.56. The van der Waals surface area contributed by atoms with Crippen LogP contribution in [0.4, 0.5) is 0 Å². The van der Waals surface area contributed by atoms with Crippen LogP contribution in [0.25, 0.3) is 10.9 Å². The maximum atomic E-state index is 14.6. The van der Waals surface area contributed by atoms with E-state index < -0.39 is 9.92 Å². The first-order valence-corrected chi connectivity index (χ1v) is 14.7. The maximum Gasteiger partial charge on any atom is 0.138 e. The molecule has 0 aliphatic rings. The lowest BCUT2D eigenvalue weighted by molar-refractivity contribution is 0.414. The van der Waals surface area contributed by atoms with Gasteiger partial charge in [-0.05, 0) is 80.1 Å². The summed E-state index contributed by atoms with van der Waals surface area (Å²) in [7, 11) is 2.03. The molecule has 1 N–H and O–H groups in total. The second kappa shape index (κ2) is 12.0. The topological polar surface area (TPSA) is 99.9 Å². The lowest BCUT2D eigenvalue weighted by Crippen LogP contribution is -2.28. The van der Waals surface area contributed by atoms with E-state index in [-0.39, 0.29) is 12.1 Å². The zero-order valence-electron chi connectivity index (χ0n) is 23.6. The van der Waals surface area contributed by atoms with Crippen molar-refractivity contribution in [1.29, 1.82) is 0 Å². The number of fused-ring (bicyclic) bond motifs is 1. The van der Waals surface area contributed by atoms with Crippen LogP contribution < -0.4 is 18.9 Å². The van der Waals surface area contributed by atoms with Crippen molar-refractivity contribution in [1.82, 2.24) is 19.5 Å². The SMILES string of the molecule is COc1ccc([C@@H](C)N=[S@](=O)(N[C@@H](C)c2ccnn2C)c2ccc(Oc3ccnc4cc(OC)ccc34)cc2)cc1. The number of rotatable bonds is 10. The summed E-state index contributed by atoms with van der Waals surface area (Å²) < 4.78 is 41.3. The van der Waals surface area contributed by atoms with E-state index in [4.69, 9.17) is 18.6 Å². The number of benzene rings is 3. The standard InChI is InChI=1S/C31H33N5O4S/c1-21(23-6-8-24(38-4)9-7-23)34-41(37,35-22(2)30-16-19-33-36(30)3)27-13-10-25(11-14-27)40-31-17-18-32-29-20-26(39-5)12-15-28(29)31/h6-22H,1-5H3,(H,34,35,37)/t21-,22+,41+/m1/s1. The molecule has 3 aromatic carbocycles. The molecule has 0 saturated carbocycles. The Morgan fingerprint density at radius 1 is 0.854 bits per heavy atom. The molecule has 3 atom stereocenters. The first kappa shape index (κ1) is 28.1. The van der Waals surface area contributed by atoms with E-state index in [1.807, 2.05) is 75.5 Å². The van der Waals surface area contributed by atoms with Gasteiger partial charge < -0.3 is 14.2 Å². The summed E-state index contributed by atoms with van der Waals surface area (Å²) in [5.74, 6) is 2.73. The summed E-state index contributed by atoms with van der Waals surface area (Å²) in [4.78, 5) is 4.97. The first-order chi connectivity index (χ1) is 19.8. The molecule has 0 aliphatic carbocycles. The van der Waals surface area contributed by atoms with Crippen LogP contribution in [0.5, 0.6) is 23.0 Å². The Labute approximate surface area is 240 Å². The molecule has 0 aliphatic heterocycles. The van der Waals surface area contributed by atoms with Crippen LogP contribution in [0, 0.1) is 0 Å². The van der Waals surface area contributed by atoms with Crippen molar-refractivity contribution < 1.29 is 18.4 Å². The third-order valence-electron chi connectivity index (χ3n) is 6.82. The van der Waals surface area contributed by atoms with Gasteiger partial charge in [0.2, 0.25) is 0 Å².